The van der Waals surface area contributed by atoms with Crippen molar-refractivity contribution >= 4 is 58.8 Å². The molecule has 3 rings (SSSR count). The summed E-state index contributed by atoms with van der Waals surface area (Å²) in [7, 11) is 0. The van der Waals surface area contributed by atoms with Gasteiger partial charge in [-0.3, -0.25) is 0 Å². The molecule has 0 radical (unpaired) electrons. The molecule has 1 aliphatic heterocycles. The van der Waals surface area contributed by atoms with Crippen molar-refractivity contribution in [2.75, 3.05) is 18.0 Å². The van der Waals surface area contributed by atoms with Gasteiger partial charge in [0, 0.05) is 23.1 Å². The summed E-state index contributed by atoms with van der Waals surface area (Å²) in [5.74, 6) is -0.0417. The average Bonchev–Trinajstić information content (AvgIpc) is 2.67. The van der Waals surface area contributed by atoms with Crippen molar-refractivity contribution in [1.82, 2.24) is 5.32 Å². The van der Waals surface area contributed by atoms with Gasteiger partial charge in [0.2, 0.25) is 0 Å². The maximum absolute atomic E-state index is 14.5. The summed E-state index contributed by atoms with van der Waals surface area (Å²) in [5, 5.41) is 13.8. The van der Waals surface area contributed by atoms with E-state index in [2.05, 4.69) is 10.3 Å². The molecule has 9 heteroatoms. The Bertz CT molecular complexity index is 891. The summed E-state index contributed by atoms with van der Waals surface area (Å²) >= 11 is 12.1. The predicted octanol–water partition coefficient (Wildman–Crippen LogP) is 4.88. The van der Waals surface area contributed by atoms with Crippen LogP contribution in [0.15, 0.2) is 41.4 Å². The maximum Gasteiger partial charge on any atom is 0.189 e. The Kier molecular flexibility index (Phi) is 9.46. The van der Waals surface area contributed by atoms with Crippen LogP contribution < -0.4 is 16.0 Å². The third-order valence-electron chi connectivity index (χ3n) is 5.04. The van der Waals surface area contributed by atoms with Crippen LogP contribution in [0.5, 0.6) is 0 Å². The molecule has 5 nitrogen and oxygen atoms in total. The Morgan fingerprint density at radius 3 is 2.60 bits per heavy atom. The minimum Gasteiger partial charge on any atom is -0.393 e. The number of guanidine groups is 1. The number of anilines is 1. The van der Waals surface area contributed by atoms with E-state index in [4.69, 9.17) is 28.9 Å². The van der Waals surface area contributed by atoms with Gasteiger partial charge in [0.15, 0.2) is 5.96 Å². The van der Waals surface area contributed by atoms with E-state index < -0.39 is 0 Å². The zero-order valence-corrected chi connectivity index (χ0v) is 20.5. The molecule has 30 heavy (non-hydrogen) atoms. The number of hydrogen-bond acceptors (Lipinski definition) is 3. The number of nitrogens with one attached hydrogen (secondary N) is 1. The lowest BCUT2D eigenvalue weighted by Crippen LogP contribution is -2.36. The van der Waals surface area contributed by atoms with Gasteiger partial charge in [-0.15, -0.1) is 24.0 Å². The molecular formula is C21H26Cl2FIN4O. The second kappa shape index (κ2) is 11.4. The van der Waals surface area contributed by atoms with Crippen LogP contribution in [-0.4, -0.2) is 30.3 Å². The number of piperidine rings is 1. The quantitative estimate of drug-likeness (QED) is 0.274. The number of hydrogen-bond donors (Lipinski definition) is 3. The molecule has 1 aliphatic rings. The summed E-state index contributed by atoms with van der Waals surface area (Å²) in [4.78, 5) is 6.26. The van der Waals surface area contributed by atoms with Crippen LogP contribution in [0.4, 0.5) is 10.1 Å². The highest BCUT2D eigenvalue weighted by molar-refractivity contribution is 14.0. The monoisotopic (exact) mass is 566 g/mol. The SMILES string of the molecule is CC(NC(N)=NCc1ccc(N2CCC(O)CC2)c(F)c1)c1ccc(Cl)cc1Cl.I. The number of aliphatic hydroxyl groups excluding tert-OH is 1. The van der Waals surface area contributed by atoms with Gasteiger partial charge in [0.1, 0.15) is 5.82 Å². The average molecular weight is 567 g/mol. The minimum absolute atomic E-state index is 0. The van der Waals surface area contributed by atoms with Crippen LogP contribution in [-0.2, 0) is 6.54 Å². The fraction of sp³-hybridized carbons (Fsp3) is 0.381. The molecule has 0 aliphatic carbocycles. The molecule has 0 spiro atoms. The first-order valence-corrected chi connectivity index (χ1v) is 10.3. The molecule has 1 fully saturated rings. The lowest BCUT2D eigenvalue weighted by atomic mass is 10.1. The van der Waals surface area contributed by atoms with E-state index in [0.717, 1.165) is 11.1 Å². The molecule has 0 bridgehead atoms. The van der Waals surface area contributed by atoms with Crippen molar-refractivity contribution in [2.24, 2.45) is 10.7 Å². The summed E-state index contributed by atoms with van der Waals surface area (Å²) in [5.41, 5.74) is 8.12. The van der Waals surface area contributed by atoms with Crippen LogP contribution >= 0.6 is 47.2 Å². The van der Waals surface area contributed by atoms with Crippen molar-refractivity contribution in [3.8, 4) is 0 Å². The zero-order chi connectivity index (χ0) is 21.0. The number of benzene rings is 2. The minimum atomic E-state index is -0.290. The summed E-state index contributed by atoms with van der Waals surface area (Å²) in [6.07, 6.45) is 1.02. The Morgan fingerprint density at radius 1 is 1.27 bits per heavy atom. The number of rotatable bonds is 5. The third-order valence-corrected chi connectivity index (χ3v) is 5.61. The Morgan fingerprint density at radius 2 is 1.97 bits per heavy atom. The fourth-order valence-corrected chi connectivity index (χ4v) is 3.96. The highest BCUT2D eigenvalue weighted by Gasteiger charge is 2.19. The van der Waals surface area contributed by atoms with Crippen LogP contribution in [0.3, 0.4) is 0 Å². The van der Waals surface area contributed by atoms with Gasteiger partial charge >= 0.3 is 0 Å². The molecule has 1 saturated heterocycles. The van der Waals surface area contributed by atoms with Gasteiger partial charge < -0.3 is 21.1 Å². The van der Waals surface area contributed by atoms with Crippen LogP contribution in [0, 0.1) is 5.82 Å². The molecule has 4 N–H and O–H groups in total. The molecule has 164 valence electrons. The standard InChI is InChI=1S/C21H25Cl2FN4O.HI/c1-13(17-4-3-15(22)11-18(17)23)27-21(25)26-12-14-2-5-20(19(24)10-14)28-8-6-16(29)7-9-28;/h2-5,10-11,13,16,29H,6-9,12H2,1H3,(H3,25,26,27);1H. The lowest BCUT2D eigenvalue weighted by Gasteiger charge is -2.31. The van der Waals surface area contributed by atoms with Crippen LogP contribution in [0.1, 0.15) is 36.9 Å². The van der Waals surface area contributed by atoms with Gasteiger partial charge in [0.05, 0.1) is 24.4 Å². The fourth-order valence-electron chi connectivity index (χ4n) is 3.39. The second-order valence-electron chi connectivity index (χ2n) is 7.24. The molecule has 0 aromatic heterocycles. The number of nitrogens with zero attached hydrogens (tertiary/aromatic N) is 2. The van der Waals surface area contributed by atoms with E-state index in [1.54, 1.807) is 18.2 Å². The van der Waals surface area contributed by atoms with E-state index in [0.29, 0.717) is 41.7 Å². The Hall–Kier alpha value is -1.29. The van der Waals surface area contributed by atoms with Crippen molar-refractivity contribution in [3.63, 3.8) is 0 Å². The van der Waals surface area contributed by atoms with Gasteiger partial charge in [-0.2, -0.15) is 0 Å². The molecule has 2 aromatic carbocycles. The lowest BCUT2D eigenvalue weighted by molar-refractivity contribution is 0.145. The first-order valence-electron chi connectivity index (χ1n) is 9.56. The van der Waals surface area contributed by atoms with Crippen molar-refractivity contribution in [1.29, 1.82) is 0 Å². The smallest absolute Gasteiger partial charge is 0.189 e. The van der Waals surface area contributed by atoms with E-state index in [1.165, 1.54) is 6.07 Å². The number of aliphatic hydroxyl groups is 1. The van der Waals surface area contributed by atoms with E-state index >= 15 is 0 Å². The van der Waals surface area contributed by atoms with Crippen molar-refractivity contribution in [2.45, 2.75) is 38.5 Å². The molecular weight excluding hydrogens is 541 g/mol. The summed E-state index contributed by atoms with van der Waals surface area (Å²) < 4.78 is 14.5. The normalized spacial score (nSPS) is 16.2. The van der Waals surface area contributed by atoms with Crippen LogP contribution in [0.25, 0.3) is 0 Å². The molecule has 2 aromatic rings. The van der Waals surface area contributed by atoms with E-state index in [9.17, 15) is 9.50 Å². The van der Waals surface area contributed by atoms with Crippen molar-refractivity contribution < 1.29 is 9.50 Å². The number of aliphatic imine (C=N–C) groups is 1. The molecule has 1 heterocycles. The first-order chi connectivity index (χ1) is 13.8. The molecule has 0 amide bonds. The first kappa shape index (κ1) is 25.0. The maximum atomic E-state index is 14.5. The van der Waals surface area contributed by atoms with E-state index in [-0.39, 0.29) is 54.4 Å². The van der Waals surface area contributed by atoms with Crippen LogP contribution in [0.2, 0.25) is 10.0 Å². The summed E-state index contributed by atoms with van der Waals surface area (Å²) in [6, 6.07) is 10.2. The third kappa shape index (κ3) is 6.60. The molecule has 1 atom stereocenters. The number of halogens is 4. The molecule has 1 unspecified atom stereocenters. The Balaban J connectivity index is 0.00000320. The highest BCUT2D eigenvalue weighted by atomic mass is 127. The van der Waals surface area contributed by atoms with Gasteiger partial charge in [-0.1, -0.05) is 35.3 Å². The van der Waals surface area contributed by atoms with Crippen molar-refractivity contribution in [3.05, 3.63) is 63.4 Å². The van der Waals surface area contributed by atoms with E-state index in [1.807, 2.05) is 24.0 Å². The van der Waals surface area contributed by atoms with Gasteiger partial charge in [-0.25, -0.2) is 9.38 Å². The largest absolute Gasteiger partial charge is 0.393 e. The second-order valence-corrected chi connectivity index (χ2v) is 8.08. The Labute approximate surface area is 203 Å². The zero-order valence-electron chi connectivity index (χ0n) is 16.6. The highest BCUT2D eigenvalue weighted by Crippen LogP contribution is 2.26. The molecule has 0 saturated carbocycles. The van der Waals surface area contributed by atoms with Gasteiger partial charge in [0.25, 0.3) is 0 Å². The predicted molar refractivity (Wildman–Crippen MR) is 133 cm³/mol. The topological polar surface area (TPSA) is 73.9 Å². The number of nitrogens with two attached hydrogens (primary N) is 1. The van der Waals surface area contributed by atoms with Gasteiger partial charge in [-0.05, 0) is 55.2 Å². The summed E-state index contributed by atoms with van der Waals surface area (Å²) in [6.45, 7) is 3.48.